The molecule has 2 heterocycles. The van der Waals surface area contributed by atoms with E-state index >= 15 is 0 Å². The number of halogens is 2. The number of unbranched alkanes of at least 4 members (excludes halogenated alkanes) is 1. The fraction of sp³-hybridized carbons (Fsp3) is 0.261. The number of carbonyl (C=O) groups is 1. The molecule has 1 amide bonds. The second kappa shape index (κ2) is 9.97. The minimum atomic E-state index is -3.02. The lowest BCUT2D eigenvalue weighted by molar-refractivity contribution is -0.0501. The molecule has 6 nitrogen and oxygen atoms in total. The Morgan fingerprint density at radius 2 is 1.88 bits per heavy atom. The first-order chi connectivity index (χ1) is 15.6. The number of pyridine rings is 1. The third kappa shape index (κ3) is 4.84. The molecule has 0 saturated heterocycles. The Bertz CT molecular complexity index is 1230. The third-order valence-electron chi connectivity index (χ3n) is 5.04. The van der Waals surface area contributed by atoms with Gasteiger partial charge in [-0.2, -0.15) is 8.78 Å². The molecule has 3 N–H and O–H groups in total. The molecule has 0 saturated carbocycles. The number of rotatable bonds is 9. The predicted octanol–water partition coefficient (Wildman–Crippen LogP) is 5.05. The molecule has 1 atom stereocenters. The van der Waals surface area contributed by atoms with Gasteiger partial charge in [-0.3, -0.25) is 9.78 Å². The van der Waals surface area contributed by atoms with Gasteiger partial charge in [0.15, 0.2) is 0 Å². The van der Waals surface area contributed by atoms with E-state index in [-0.39, 0.29) is 11.3 Å². The SMILES string of the molecule is NCCCC[C@H](NC(=O)c1ccccc1OC(F)F)c1nc2cnc3ccccc3c2s1. The minimum absolute atomic E-state index is 0.0462. The van der Waals surface area contributed by atoms with Crippen LogP contribution in [0.25, 0.3) is 21.1 Å². The van der Waals surface area contributed by atoms with E-state index in [4.69, 9.17) is 10.7 Å². The lowest BCUT2D eigenvalue weighted by atomic mass is 10.1. The molecule has 2 aromatic carbocycles. The fourth-order valence-electron chi connectivity index (χ4n) is 3.53. The van der Waals surface area contributed by atoms with E-state index in [1.165, 1.54) is 23.5 Å². The van der Waals surface area contributed by atoms with Gasteiger partial charge in [-0.15, -0.1) is 11.3 Å². The minimum Gasteiger partial charge on any atom is -0.434 e. The topological polar surface area (TPSA) is 90.1 Å². The van der Waals surface area contributed by atoms with Gasteiger partial charge in [0.25, 0.3) is 5.91 Å². The molecule has 0 unspecified atom stereocenters. The van der Waals surface area contributed by atoms with Crippen LogP contribution >= 0.6 is 11.3 Å². The highest BCUT2D eigenvalue weighted by atomic mass is 32.1. The Balaban J connectivity index is 1.66. The van der Waals surface area contributed by atoms with Crippen LogP contribution < -0.4 is 15.8 Å². The number of thiazole rings is 1. The maximum Gasteiger partial charge on any atom is 0.387 e. The number of nitrogens with two attached hydrogens (primary N) is 1. The number of benzene rings is 2. The first-order valence-electron chi connectivity index (χ1n) is 10.3. The van der Waals surface area contributed by atoms with Gasteiger partial charge in [-0.25, -0.2) is 4.98 Å². The van der Waals surface area contributed by atoms with Gasteiger partial charge < -0.3 is 15.8 Å². The largest absolute Gasteiger partial charge is 0.434 e. The summed E-state index contributed by atoms with van der Waals surface area (Å²) in [4.78, 5) is 22.2. The van der Waals surface area contributed by atoms with Crippen molar-refractivity contribution in [3.63, 3.8) is 0 Å². The fourth-order valence-corrected chi connectivity index (χ4v) is 4.68. The molecule has 166 valence electrons. The van der Waals surface area contributed by atoms with Crippen LogP contribution in [0.2, 0.25) is 0 Å². The third-order valence-corrected chi connectivity index (χ3v) is 6.26. The predicted molar refractivity (Wildman–Crippen MR) is 121 cm³/mol. The molecule has 0 fully saturated rings. The van der Waals surface area contributed by atoms with Gasteiger partial charge in [-0.1, -0.05) is 30.3 Å². The van der Waals surface area contributed by atoms with Crippen LogP contribution in [0, 0.1) is 0 Å². The Morgan fingerprint density at radius 3 is 2.69 bits per heavy atom. The van der Waals surface area contributed by atoms with Gasteiger partial charge in [0.2, 0.25) is 0 Å². The van der Waals surface area contributed by atoms with Crippen LogP contribution in [0.3, 0.4) is 0 Å². The summed E-state index contributed by atoms with van der Waals surface area (Å²) in [5.41, 5.74) is 7.31. The maximum absolute atomic E-state index is 13.0. The van der Waals surface area contributed by atoms with Gasteiger partial charge in [0, 0.05) is 5.39 Å². The number of ether oxygens (including phenoxy) is 1. The van der Waals surface area contributed by atoms with Crippen LogP contribution in [0.15, 0.2) is 54.7 Å². The molecule has 0 aliphatic rings. The van der Waals surface area contributed by atoms with Crippen molar-refractivity contribution in [3.05, 3.63) is 65.3 Å². The Morgan fingerprint density at radius 1 is 1.09 bits per heavy atom. The van der Waals surface area contributed by atoms with E-state index < -0.39 is 18.6 Å². The number of amides is 1. The molecule has 32 heavy (non-hydrogen) atoms. The molecule has 0 aliphatic heterocycles. The molecule has 2 aromatic heterocycles. The number of para-hydroxylation sites is 2. The maximum atomic E-state index is 13.0. The Kier molecular flexibility index (Phi) is 6.87. The van der Waals surface area contributed by atoms with Gasteiger partial charge in [0.05, 0.1) is 28.0 Å². The summed E-state index contributed by atoms with van der Waals surface area (Å²) >= 11 is 1.50. The van der Waals surface area contributed by atoms with Crippen molar-refractivity contribution in [3.8, 4) is 5.75 Å². The Hall–Kier alpha value is -3.17. The van der Waals surface area contributed by atoms with Gasteiger partial charge in [-0.05, 0) is 44.0 Å². The lowest BCUT2D eigenvalue weighted by Gasteiger charge is -2.18. The summed E-state index contributed by atoms with van der Waals surface area (Å²) in [6.45, 7) is -2.48. The zero-order chi connectivity index (χ0) is 22.5. The Labute approximate surface area is 187 Å². The van der Waals surface area contributed by atoms with Crippen LogP contribution in [-0.2, 0) is 0 Å². The van der Waals surface area contributed by atoms with E-state index in [1.54, 1.807) is 18.3 Å². The molecule has 0 aliphatic carbocycles. The summed E-state index contributed by atoms with van der Waals surface area (Å²) in [7, 11) is 0. The first-order valence-corrected chi connectivity index (χ1v) is 11.1. The van der Waals surface area contributed by atoms with E-state index in [2.05, 4.69) is 15.0 Å². The van der Waals surface area contributed by atoms with Crippen LogP contribution in [-0.4, -0.2) is 29.0 Å². The molecule has 4 rings (SSSR count). The van der Waals surface area contributed by atoms with E-state index in [0.29, 0.717) is 13.0 Å². The number of alkyl halides is 2. The average molecular weight is 457 g/mol. The van der Waals surface area contributed by atoms with Crippen molar-refractivity contribution in [2.24, 2.45) is 5.73 Å². The molecule has 9 heteroatoms. The molecular formula is C23H22F2N4O2S. The van der Waals surface area contributed by atoms with Crippen LogP contribution in [0.1, 0.15) is 40.7 Å². The quantitative estimate of drug-likeness (QED) is 0.344. The summed E-state index contributed by atoms with van der Waals surface area (Å²) in [5.74, 6) is -0.665. The molecule has 0 spiro atoms. The van der Waals surface area contributed by atoms with Gasteiger partial charge >= 0.3 is 6.61 Å². The standard InChI is InChI=1S/C23H22F2N4O2S/c24-23(25)31-19-11-4-2-8-15(19)21(30)28-17(10-5-6-12-26)22-29-18-13-27-16-9-3-1-7-14(16)20(18)32-22/h1-4,7-9,11,13,17,23H,5-6,10,12,26H2,(H,28,30)/t17-/m0/s1. The van der Waals surface area contributed by atoms with E-state index in [9.17, 15) is 13.6 Å². The highest BCUT2D eigenvalue weighted by Crippen LogP contribution is 2.33. The zero-order valence-electron chi connectivity index (χ0n) is 17.1. The number of hydrogen-bond acceptors (Lipinski definition) is 6. The number of hydrogen-bond donors (Lipinski definition) is 2. The van der Waals surface area contributed by atoms with Crippen LogP contribution in [0.5, 0.6) is 5.75 Å². The summed E-state index contributed by atoms with van der Waals surface area (Å²) < 4.78 is 31.0. The number of aromatic nitrogens is 2. The second-order valence-corrected chi connectivity index (χ2v) is 8.26. The highest BCUT2D eigenvalue weighted by Gasteiger charge is 2.23. The monoisotopic (exact) mass is 456 g/mol. The number of nitrogens with zero attached hydrogens (tertiary/aromatic N) is 2. The van der Waals surface area contributed by atoms with E-state index in [0.717, 1.165) is 39.0 Å². The van der Waals surface area contributed by atoms with Crippen molar-refractivity contribution in [2.45, 2.75) is 31.9 Å². The number of nitrogens with one attached hydrogen (secondary N) is 1. The van der Waals surface area contributed by atoms with Crippen molar-refractivity contribution in [1.82, 2.24) is 15.3 Å². The zero-order valence-corrected chi connectivity index (χ0v) is 17.9. The van der Waals surface area contributed by atoms with Crippen molar-refractivity contribution < 1.29 is 18.3 Å². The molecule has 4 aromatic rings. The number of carbonyl (C=O) groups excluding carboxylic acids is 1. The summed E-state index contributed by atoms with van der Waals surface area (Å²) in [5, 5.41) is 4.68. The smallest absolute Gasteiger partial charge is 0.387 e. The second-order valence-electron chi connectivity index (χ2n) is 7.23. The van der Waals surface area contributed by atoms with Crippen molar-refractivity contribution >= 4 is 38.4 Å². The summed E-state index contributed by atoms with van der Waals surface area (Å²) in [6, 6.07) is 13.4. The number of fused-ring (bicyclic) bond motifs is 3. The summed E-state index contributed by atoms with van der Waals surface area (Å²) in [6.07, 6.45) is 3.92. The van der Waals surface area contributed by atoms with Crippen molar-refractivity contribution in [1.29, 1.82) is 0 Å². The average Bonchev–Trinajstić information content (AvgIpc) is 3.23. The van der Waals surface area contributed by atoms with Crippen LogP contribution in [0.4, 0.5) is 8.78 Å². The molecule has 0 radical (unpaired) electrons. The molecular weight excluding hydrogens is 434 g/mol. The van der Waals surface area contributed by atoms with E-state index in [1.807, 2.05) is 24.3 Å². The molecule has 0 bridgehead atoms. The normalized spacial score (nSPS) is 12.4. The van der Waals surface area contributed by atoms with Gasteiger partial charge in [0.1, 0.15) is 16.3 Å². The lowest BCUT2D eigenvalue weighted by Crippen LogP contribution is -2.29. The van der Waals surface area contributed by atoms with Crippen molar-refractivity contribution in [2.75, 3.05) is 6.54 Å². The highest BCUT2D eigenvalue weighted by molar-refractivity contribution is 7.19. The first kappa shape index (κ1) is 22.0.